The van der Waals surface area contributed by atoms with Crippen molar-refractivity contribution in [2.45, 2.75) is 19.9 Å². The minimum Gasteiger partial charge on any atom is -0.497 e. The number of carbonyl (C=O) groups excluding carboxylic acids is 1. The number of benzene rings is 2. The highest BCUT2D eigenvalue weighted by Gasteiger charge is 2.35. The van der Waals surface area contributed by atoms with E-state index >= 15 is 0 Å². The summed E-state index contributed by atoms with van der Waals surface area (Å²) in [4.78, 5) is 32.1. The van der Waals surface area contributed by atoms with Gasteiger partial charge in [0.25, 0.3) is 5.56 Å². The Hall–Kier alpha value is -3.79. The highest BCUT2D eigenvalue weighted by molar-refractivity contribution is 7.07. The van der Waals surface area contributed by atoms with Crippen molar-refractivity contribution in [3.63, 3.8) is 0 Å². The van der Waals surface area contributed by atoms with Crippen LogP contribution in [0.5, 0.6) is 11.5 Å². The summed E-state index contributed by atoms with van der Waals surface area (Å²) >= 11 is 13.7. The standard InChI is InChI=1S/C29H24Cl2N2O6S/c1-5-38-28(35)25-15(2)32-29-33(26(25)19-9-7-17(36-3)13-23(19)37-4)27(34)24(40-29)14-18-8-11-22(39-18)20-12-16(30)6-10-21(20)31/h6-14,26H,5H2,1-4H3/b24-14+/t26-/m0/s1. The quantitative estimate of drug-likeness (QED) is 0.265. The van der Waals surface area contributed by atoms with Gasteiger partial charge < -0.3 is 18.6 Å². The second-order valence-corrected chi connectivity index (χ2v) is 10.6. The number of methoxy groups -OCH3 is 2. The predicted octanol–water partition coefficient (Wildman–Crippen LogP) is 5.38. The molecule has 1 aliphatic rings. The first-order valence-electron chi connectivity index (χ1n) is 12.2. The number of aromatic nitrogens is 1. The van der Waals surface area contributed by atoms with Crippen LogP contribution in [0.2, 0.25) is 10.0 Å². The maximum absolute atomic E-state index is 13.9. The number of hydrogen-bond donors (Lipinski definition) is 0. The first-order chi connectivity index (χ1) is 19.2. The average molecular weight is 599 g/mol. The summed E-state index contributed by atoms with van der Waals surface area (Å²) in [6.07, 6.45) is 1.64. The van der Waals surface area contributed by atoms with Crippen LogP contribution in [0.4, 0.5) is 0 Å². The van der Waals surface area contributed by atoms with Gasteiger partial charge in [0, 0.05) is 28.3 Å². The molecule has 1 aliphatic heterocycles. The Morgan fingerprint density at radius 1 is 1.12 bits per heavy atom. The van der Waals surface area contributed by atoms with E-state index in [1.165, 1.54) is 23.0 Å². The molecule has 0 saturated carbocycles. The highest BCUT2D eigenvalue weighted by Crippen LogP contribution is 2.38. The third kappa shape index (κ3) is 5.08. The minimum atomic E-state index is -0.837. The van der Waals surface area contributed by atoms with Crippen molar-refractivity contribution in [3.05, 3.63) is 101 Å². The fraction of sp³-hybridized carbons (Fsp3) is 0.207. The van der Waals surface area contributed by atoms with Crippen molar-refractivity contribution in [1.82, 2.24) is 4.57 Å². The normalized spacial score (nSPS) is 15.1. The number of halogens is 2. The van der Waals surface area contributed by atoms with Crippen molar-refractivity contribution in [1.29, 1.82) is 0 Å². The summed E-state index contributed by atoms with van der Waals surface area (Å²) in [5, 5.41) is 1.01. The molecule has 0 amide bonds. The number of allylic oxidation sites excluding steroid dienone is 1. The van der Waals surface area contributed by atoms with E-state index in [-0.39, 0.29) is 17.7 Å². The molecule has 0 unspecified atom stereocenters. The largest absolute Gasteiger partial charge is 0.497 e. The zero-order chi connectivity index (χ0) is 28.6. The van der Waals surface area contributed by atoms with Gasteiger partial charge in [0.15, 0.2) is 4.80 Å². The van der Waals surface area contributed by atoms with Crippen LogP contribution >= 0.6 is 34.5 Å². The second kappa shape index (κ2) is 11.4. The third-order valence-electron chi connectivity index (χ3n) is 6.35. The SMILES string of the molecule is CCOC(=O)C1=C(C)N=c2s/c(=C/c3ccc(-c4cc(Cl)ccc4Cl)o3)c(=O)n2[C@H]1c1ccc(OC)cc1OC. The topological polar surface area (TPSA) is 92.3 Å². The van der Waals surface area contributed by atoms with Crippen LogP contribution in [0.1, 0.15) is 31.2 Å². The first-order valence-corrected chi connectivity index (χ1v) is 13.8. The van der Waals surface area contributed by atoms with E-state index < -0.39 is 12.0 Å². The Kier molecular flexibility index (Phi) is 7.89. The van der Waals surface area contributed by atoms with E-state index in [1.54, 1.807) is 75.6 Å². The lowest BCUT2D eigenvalue weighted by atomic mass is 9.95. The lowest BCUT2D eigenvalue weighted by Crippen LogP contribution is -2.40. The molecule has 11 heteroatoms. The molecule has 2 aromatic carbocycles. The fourth-order valence-corrected chi connectivity index (χ4v) is 5.93. The van der Waals surface area contributed by atoms with E-state index in [0.717, 1.165) is 0 Å². The van der Waals surface area contributed by atoms with Gasteiger partial charge in [-0.25, -0.2) is 9.79 Å². The average Bonchev–Trinajstić information content (AvgIpc) is 3.53. The van der Waals surface area contributed by atoms with Crippen molar-refractivity contribution in [3.8, 4) is 22.8 Å². The molecule has 5 rings (SSSR count). The molecule has 0 fully saturated rings. The lowest BCUT2D eigenvalue weighted by Gasteiger charge is -2.26. The van der Waals surface area contributed by atoms with Gasteiger partial charge in [-0.05, 0) is 56.3 Å². The molecule has 0 bridgehead atoms. The molecular weight excluding hydrogens is 575 g/mol. The first kappa shape index (κ1) is 27.8. The summed E-state index contributed by atoms with van der Waals surface area (Å²) in [6, 6.07) is 13.0. The van der Waals surface area contributed by atoms with Crippen LogP contribution < -0.4 is 24.4 Å². The van der Waals surface area contributed by atoms with Crippen molar-refractivity contribution in [2.24, 2.45) is 4.99 Å². The van der Waals surface area contributed by atoms with Crippen LogP contribution in [0.15, 0.2) is 74.0 Å². The molecule has 206 valence electrons. The Labute approximate surface area is 243 Å². The van der Waals surface area contributed by atoms with Crippen LogP contribution in [-0.4, -0.2) is 31.4 Å². The number of fused-ring (bicyclic) bond motifs is 1. The van der Waals surface area contributed by atoms with Crippen LogP contribution in [0, 0.1) is 0 Å². The van der Waals surface area contributed by atoms with Crippen molar-refractivity contribution >= 4 is 46.6 Å². The van der Waals surface area contributed by atoms with Crippen LogP contribution in [0.3, 0.4) is 0 Å². The van der Waals surface area contributed by atoms with E-state index in [4.69, 9.17) is 41.8 Å². The number of thiazole rings is 1. The van der Waals surface area contributed by atoms with Gasteiger partial charge in [-0.1, -0.05) is 34.5 Å². The molecule has 4 aromatic rings. The Bertz CT molecular complexity index is 1840. The predicted molar refractivity (Wildman–Crippen MR) is 154 cm³/mol. The van der Waals surface area contributed by atoms with Crippen molar-refractivity contribution < 1.29 is 23.4 Å². The third-order valence-corrected chi connectivity index (χ3v) is 7.89. The summed E-state index contributed by atoms with van der Waals surface area (Å²) in [5.74, 6) is 1.41. The van der Waals surface area contributed by atoms with E-state index in [1.807, 2.05) is 0 Å². The number of esters is 1. The van der Waals surface area contributed by atoms with Gasteiger partial charge >= 0.3 is 5.97 Å². The number of rotatable bonds is 7. The summed E-state index contributed by atoms with van der Waals surface area (Å²) in [6.45, 7) is 3.62. The number of carbonyl (C=O) groups is 1. The lowest BCUT2D eigenvalue weighted by molar-refractivity contribution is -0.139. The summed E-state index contributed by atoms with van der Waals surface area (Å²) in [5.41, 5.74) is 1.57. The molecule has 0 spiro atoms. The Morgan fingerprint density at radius 2 is 1.93 bits per heavy atom. The summed E-state index contributed by atoms with van der Waals surface area (Å²) in [7, 11) is 3.06. The van der Waals surface area contributed by atoms with E-state index in [2.05, 4.69) is 4.99 Å². The number of nitrogens with zero attached hydrogens (tertiary/aromatic N) is 2. The van der Waals surface area contributed by atoms with Gasteiger partial charge in [0.1, 0.15) is 29.1 Å². The maximum atomic E-state index is 13.9. The highest BCUT2D eigenvalue weighted by atomic mass is 35.5. The molecule has 3 heterocycles. The van der Waals surface area contributed by atoms with Crippen LogP contribution in [0.25, 0.3) is 17.4 Å². The molecule has 1 atom stereocenters. The van der Waals surface area contributed by atoms with Crippen molar-refractivity contribution in [2.75, 3.05) is 20.8 Å². The van der Waals surface area contributed by atoms with E-state index in [0.29, 0.717) is 59.2 Å². The van der Waals surface area contributed by atoms with Gasteiger partial charge in [0.2, 0.25) is 0 Å². The van der Waals surface area contributed by atoms with Crippen LogP contribution in [-0.2, 0) is 9.53 Å². The Morgan fingerprint density at radius 3 is 2.65 bits per heavy atom. The molecule has 0 N–H and O–H groups in total. The zero-order valence-electron chi connectivity index (χ0n) is 22.0. The molecule has 40 heavy (non-hydrogen) atoms. The molecular formula is C29H24Cl2N2O6S. The number of furan rings is 1. The van der Waals surface area contributed by atoms with Gasteiger partial charge in [-0.3, -0.25) is 9.36 Å². The number of ether oxygens (including phenoxy) is 3. The monoisotopic (exact) mass is 598 g/mol. The smallest absolute Gasteiger partial charge is 0.338 e. The van der Waals surface area contributed by atoms with Gasteiger partial charge in [-0.15, -0.1) is 0 Å². The number of hydrogen-bond acceptors (Lipinski definition) is 8. The fourth-order valence-electron chi connectivity index (χ4n) is 4.52. The van der Waals surface area contributed by atoms with Gasteiger partial charge in [0.05, 0.1) is 41.7 Å². The molecule has 2 aromatic heterocycles. The van der Waals surface area contributed by atoms with E-state index in [9.17, 15) is 9.59 Å². The second-order valence-electron chi connectivity index (χ2n) is 8.74. The molecule has 0 radical (unpaired) electrons. The molecule has 0 aliphatic carbocycles. The zero-order valence-corrected chi connectivity index (χ0v) is 24.3. The maximum Gasteiger partial charge on any atom is 0.338 e. The molecule has 0 saturated heterocycles. The molecule has 8 nitrogen and oxygen atoms in total. The Balaban J connectivity index is 1.68. The summed E-state index contributed by atoms with van der Waals surface area (Å²) < 4.78 is 24.2. The van der Waals surface area contributed by atoms with Gasteiger partial charge in [-0.2, -0.15) is 0 Å². The minimum absolute atomic E-state index is 0.171.